The number of halogens is 3. The second kappa shape index (κ2) is 3.89. The van der Waals surface area contributed by atoms with E-state index in [-0.39, 0.29) is 20.4 Å². The molecule has 0 saturated carbocycles. The summed E-state index contributed by atoms with van der Waals surface area (Å²) in [5, 5.41) is 0. The van der Waals surface area contributed by atoms with Crippen molar-refractivity contribution in [1.29, 1.82) is 0 Å². The van der Waals surface area contributed by atoms with Crippen LogP contribution in [0.1, 0.15) is 5.56 Å². The van der Waals surface area contributed by atoms with E-state index in [1.54, 1.807) is 0 Å². The van der Waals surface area contributed by atoms with Crippen LogP contribution in [0.15, 0.2) is 24.3 Å². The average molecular weight is 252 g/mol. The van der Waals surface area contributed by atoms with Crippen LogP contribution in [0.5, 0.6) is 0 Å². The van der Waals surface area contributed by atoms with Crippen molar-refractivity contribution in [2.75, 3.05) is 0 Å². The standard InChI is InChI=1S/C7H4F3.Pd/c8-7(9,10)6-4-2-1-3-5-6;/h2-5H;/q-1;. The van der Waals surface area contributed by atoms with E-state index in [2.05, 4.69) is 6.07 Å². The van der Waals surface area contributed by atoms with Crippen LogP contribution in [-0.2, 0) is 26.6 Å². The number of benzene rings is 1. The Morgan fingerprint density at radius 3 is 1.82 bits per heavy atom. The normalized spacial score (nSPS) is 10.5. The molecule has 4 heteroatoms. The summed E-state index contributed by atoms with van der Waals surface area (Å²) >= 11 is 0. The molecule has 0 bridgehead atoms. The monoisotopic (exact) mass is 251 g/mol. The summed E-state index contributed by atoms with van der Waals surface area (Å²) in [5.74, 6) is 0. The van der Waals surface area contributed by atoms with Crippen LogP contribution in [-0.4, -0.2) is 0 Å². The van der Waals surface area contributed by atoms with Gasteiger partial charge in [-0.2, -0.15) is 43.5 Å². The predicted octanol–water partition coefficient (Wildman–Crippen LogP) is 2.50. The molecular weight excluding hydrogens is 247 g/mol. The Bertz CT molecular complexity index is 205. The smallest absolute Gasteiger partial charge is 0.184 e. The van der Waals surface area contributed by atoms with Gasteiger partial charge in [-0.3, -0.25) is 0 Å². The minimum absolute atomic E-state index is 0. The number of alkyl halides is 3. The third-order valence-electron chi connectivity index (χ3n) is 1.05. The van der Waals surface area contributed by atoms with Crippen molar-refractivity contribution in [1.82, 2.24) is 0 Å². The molecule has 0 N–H and O–H groups in total. The Labute approximate surface area is 76.1 Å². The third-order valence-corrected chi connectivity index (χ3v) is 1.05. The molecule has 0 aliphatic rings. The molecule has 0 amide bonds. The minimum atomic E-state index is -4.23. The largest absolute Gasteiger partial charge is 0.394 e. The zero-order valence-electron chi connectivity index (χ0n) is 5.26. The summed E-state index contributed by atoms with van der Waals surface area (Å²) in [6.07, 6.45) is -4.23. The molecule has 11 heavy (non-hydrogen) atoms. The molecule has 0 nitrogen and oxygen atoms in total. The molecule has 0 spiro atoms. The van der Waals surface area contributed by atoms with E-state index in [1.165, 1.54) is 12.1 Å². The molecule has 0 aromatic heterocycles. The molecule has 0 atom stereocenters. The Kier molecular flexibility index (Phi) is 3.78. The van der Waals surface area contributed by atoms with E-state index in [1.807, 2.05) is 0 Å². The first-order valence-electron chi connectivity index (χ1n) is 2.64. The topological polar surface area (TPSA) is 0 Å². The second-order valence-corrected chi connectivity index (χ2v) is 1.79. The van der Waals surface area contributed by atoms with E-state index < -0.39 is 11.7 Å². The van der Waals surface area contributed by atoms with Crippen LogP contribution in [0, 0.1) is 6.07 Å². The molecule has 0 fully saturated rings. The van der Waals surface area contributed by atoms with Gasteiger partial charge in [0.2, 0.25) is 0 Å². The Balaban J connectivity index is 0.000001000. The molecule has 1 rings (SSSR count). The van der Waals surface area contributed by atoms with Gasteiger partial charge in [-0.05, 0) is 0 Å². The van der Waals surface area contributed by atoms with E-state index >= 15 is 0 Å². The maximum Gasteiger partial charge on any atom is 0.394 e. The van der Waals surface area contributed by atoms with Gasteiger partial charge < -0.3 is 0 Å². The van der Waals surface area contributed by atoms with Crippen LogP contribution < -0.4 is 0 Å². The molecule has 64 valence electrons. The van der Waals surface area contributed by atoms with Gasteiger partial charge in [0.15, 0.2) is 0 Å². The van der Waals surface area contributed by atoms with Gasteiger partial charge in [-0.15, -0.1) is 0 Å². The summed E-state index contributed by atoms with van der Waals surface area (Å²) in [6, 6.07) is 6.95. The molecule has 0 aliphatic carbocycles. The molecule has 0 unspecified atom stereocenters. The second-order valence-electron chi connectivity index (χ2n) is 1.79. The van der Waals surface area contributed by atoms with Gasteiger partial charge in [-0.1, -0.05) is 5.56 Å². The van der Waals surface area contributed by atoms with Gasteiger partial charge in [0.1, 0.15) is 0 Å². The Hall–Kier alpha value is -0.328. The number of rotatable bonds is 0. The zero-order valence-corrected chi connectivity index (χ0v) is 6.81. The Morgan fingerprint density at radius 2 is 1.55 bits per heavy atom. The molecule has 0 radical (unpaired) electrons. The van der Waals surface area contributed by atoms with Crippen molar-refractivity contribution in [2.24, 2.45) is 0 Å². The first-order chi connectivity index (χ1) is 4.61. The summed E-state index contributed by atoms with van der Waals surface area (Å²) in [7, 11) is 0. The van der Waals surface area contributed by atoms with Crippen molar-refractivity contribution in [2.45, 2.75) is 6.18 Å². The maximum atomic E-state index is 11.8. The summed E-state index contributed by atoms with van der Waals surface area (Å²) < 4.78 is 35.3. The fourth-order valence-electron chi connectivity index (χ4n) is 0.576. The van der Waals surface area contributed by atoms with E-state index in [0.29, 0.717) is 0 Å². The molecule has 0 aliphatic heterocycles. The van der Waals surface area contributed by atoms with Gasteiger partial charge in [0.25, 0.3) is 0 Å². The summed E-state index contributed by atoms with van der Waals surface area (Å²) in [6.45, 7) is 0. The van der Waals surface area contributed by atoms with Crippen molar-refractivity contribution in [3.05, 3.63) is 35.9 Å². The van der Waals surface area contributed by atoms with Gasteiger partial charge in [-0.25, -0.2) is 0 Å². The predicted molar refractivity (Wildman–Crippen MR) is 30.3 cm³/mol. The summed E-state index contributed by atoms with van der Waals surface area (Å²) in [4.78, 5) is 0. The van der Waals surface area contributed by atoms with Crippen LogP contribution in [0.2, 0.25) is 0 Å². The maximum absolute atomic E-state index is 11.8. The first kappa shape index (κ1) is 10.7. The zero-order chi connectivity index (χ0) is 7.61. The first-order valence-corrected chi connectivity index (χ1v) is 2.64. The molecule has 0 saturated heterocycles. The van der Waals surface area contributed by atoms with Crippen molar-refractivity contribution in [3.63, 3.8) is 0 Å². The summed E-state index contributed by atoms with van der Waals surface area (Å²) in [5.41, 5.74) is -0.633. The van der Waals surface area contributed by atoms with E-state index in [9.17, 15) is 13.2 Å². The molecule has 0 heterocycles. The van der Waals surface area contributed by atoms with E-state index in [4.69, 9.17) is 0 Å². The average Bonchev–Trinajstić information content (AvgIpc) is 1.88. The number of hydrogen-bond donors (Lipinski definition) is 0. The Morgan fingerprint density at radius 1 is 1.09 bits per heavy atom. The molecule has 1 aromatic carbocycles. The van der Waals surface area contributed by atoms with Crippen molar-refractivity contribution in [3.8, 4) is 0 Å². The molecular formula is C7H4F3Pd-. The molecule has 1 aromatic rings. The van der Waals surface area contributed by atoms with Crippen molar-refractivity contribution < 1.29 is 33.6 Å². The van der Waals surface area contributed by atoms with Crippen LogP contribution in [0.3, 0.4) is 0 Å². The van der Waals surface area contributed by atoms with Gasteiger partial charge in [0, 0.05) is 20.4 Å². The van der Waals surface area contributed by atoms with Gasteiger partial charge in [0.05, 0.1) is 0 Å². The number of hydrogen-bond acceptors (Lipinski definition) is 0. The van der Waals surface area contributed by atoms with Crippen LogP contribution >= 0.6 is 0 Å². The quantitative estimate of drug-likeness (QED) is 0.491. The minimum Gasteiger partial charge on any atom is -0.184 e. The van der Waals surface area contributed by atoms with Crippen LogP contribution in [0.4, 0.5) is 13.2 Å². The van der Waals surface area contributed by atoms with Crippen LogP contribution in [0.25, 0.3) is 0 Å². The SMILES string of the molecule is FC(F)(F)c1cc[c-]cc1.[Pd]. The fourth-order valence-corrected chi connectivity index (χ4v) is 0.576. The van der Waals surface area contributed by atoms with E-state index in [0.717, 1.165) is 12.1 Å². The fraction of sp³-hybridized carbons (Fsp3) is 0.143. The van der Waals surface area contributed by atoms with Crippen molar-refractivity contribution >= 4 is 0 Å². The third kappa shape index (κ3) is 3.05. The van der Waals surface area contributed by atoms with Gasteiger partial charge >= 0.3 is 6.18 Å².